The Kier molecular flexibility index (Phi) is 3.66. The Morgan fingerprint density at radius 2 is 1.88 bits per heavy atom. The number of benzene rings is 1. The van der Waals surface area contributed by atoms with Crippen LogP contribution in [-0.4, -0.2) is 22.4 Å². The van der Waals surface area contributed by atoms with E-state index >= 15 is 0 Å². The lowest BCUT2D eigenvalue weighted by molar-refractivity contribution is -0.161. The highest BCUT2D eigenvalue weighted by molar-refractivity contribution is 5.98. The fourth-order valence-corrected chi connectivity index (χ4v) is 0.954. The lowest BCUT2D eigenvalue weighted by Crippen LogP contribution is -2.33. The highest BCUT2D eigenvalue weighted by Crippen LogP contribution is 2.11. The molecule has 0 atom stereocenters. The van der Waals surface area contributed by atoms with E-state index in [9.17, 15) is 4.79 Å². The fourth-order valence-electron chi connectivity index (χ4n) is 0.954. The quantitative estimate of drug-likeness (QED) is 0.626. The maximum Gasteiger partial charge on any atom is 0.350 e. The summed E-state index contributed by atoms with van der Waals surface area (Å²) in [4.78, 5) is 15.8. The van der Waals surface area contributed by atoms with Crippen LogP contribution in [0.2, 0.25) is 0 Å². The Labute approximate surface area is 94.5 Å². The van der Waals surface area contributed by atoms with Crippen LogP contribution in [0.4, 0.5) is 0 Å². The zero-order valence-corrected chi connectivity index (χ0v) is 9.60. The predicted molar refractivity (Wildman–Crippen MR) is 61.5 cm³/mol. The Morgan fingerprint density at radius 3 is 2.38 bits per heavy atom. The van der Waals surface area contributed by atoms with Gasteiger partial charge in [-0.25, -0.2) is 4.79 Å². The Balaban J connectivity index is 2.76. The topological polar surface area (TPSA) is 58.9 Å². The highest BCUT2D eigenvalue weighted by Gasteiger charge is 2.29. The molecule has 4 heteroatoms. The first-order chi connectivity index (χ1) is 7.43. The van der Waals surface area contributed by atoms with Crippen LogP contribution in [0.5, 0.6) is 0 Å². The van der Waals surface area contributed by atoms with Gasteiger partial charge in [-0.1, -0.05) is 35.5 Å². The Hall–Kier alpha value is -1.84. The van der Waals surface area contributed by atoms with Crippen molar-refractivity contribution in [1.82, 2.24) is 0 Å². The molecule has 0 spiro atoms. The van der Waals surface area contributed by atoms with Gasteiger partial charge < -0.3 is 9.94 Å². The van der Waals surface area contributed by atoms with Crippen LogP contribution in [0.25, 0.3) is 0 Å². The SMILES string of the molecule is C/C(=N\OC(C)(C)C(=O)O)c1ccccc1. The normalized spacial score (nSPS) is 12.3. The first-order valence-electron chi connectivity index (χ1n) is 4.95. The van der Waals surface area contributed by atoms with E-state index in [-0.39, 0.29) is 0 Å². The van der Waals surface area contributed by atoms with Crippen LogP contribution in [0, 0.1) is 0 Å². The summed E-state index contributed by atoms with van der Waals surface area (Å²) in [5, 5.41) is 12.7. The summed E-state index contributed by atoms with van der Waals surface area (Å²) in [6.07, 6.45) is 0. The second-order valence-electron chi connectivity index (χ2n) is 3.95. The zero-order valence-electron chi connectivity index (χ0n) is 9.60. The third-order valence-corrected chi connectivity index (χ3v) is 2.12. The van der Waals surface area contributed by atoms with Gasteiger partial charge in [0.2, 0.25) is 5.60 Å². The molecule has 0 unspecified atom stereocenters. The van der Waals surface area contributed by atoms with E-state index in [1.165, 1.54) is 13.8 Å². The summed E-state index contributed by atoms with van der Waals surface area (Å²) in [5.41, 5.74) is 0.245. The molecule has 0 aliphatic rings. The molecular formula is C12H15NO3. The molecule has 4 nitrogen and oxygen atoms in total. The molecule has 1 aromatic carbocycles. The average Bonchev–Trinajstić information content (AvgIpc) is 2.27. The van der Waals surface area contributed by atoms with Gasteiger partial charge in [-0.2, -0.15) is 0 Å². The van der Waals surface area contributed by atoms with E-state index in [2.05, 4.69) is 5.16 Å². The fraction of sp³-hybridized carbons (Fsp3) is 0.333. The van der Waals surface area contributed by atoms with Crippen molar-refractivity contribution in [1.29, 1.82) is 0 Å². The van der Waals surface area contributed by atoms with Crippen molar-refractivity contribution in [2.24, 2.45) is 5.16 Å². The van der Waals surface area contributed by atoms with E-state index in [1.807, 2.05) is 30.3 Å². The molecule has 0 aliphatic heterocycles. The van der Waals surface area contributed by atoms with Gasteiger partial charge in [0, 0.05) is 0 Å². The van der Waals surface area contributed by atoms with E-state index in [0.717, 1.165) is 5.56 Å². The largest absolute Gasteiger partial charge is 0.478 e. The van der Waals surface area contributed by atoms with Gasteiger partial charge in [0.05, 0.1) is 5.71 Å². The zero-order chi connectivity index (χ0) is 12.2. The van der Waals surface area contributed by atoms with Gasteiger partial charge in [-0.05, 0) is 26.3 Å². The number of hydrogen-bond donors (Lipinski definition) is 1. The molecule has 0 amide bonds. The van der Waals surface area contributed by atoms with Crippen molar-refractivity contribution < 1.29 is 14.7 Å². The number of carbonyl (C=O) groups is 1. The van der Waals surface area contributed by atoms with Crippen LogP contribution in [-0.2, 0) is 9.63 Å². The first-order valence-corrected chi connectivity index (χ1v) is 4.95. The summed E-state index contributed by atoms with van der Waals surface area (Å²) in [5.74, 6) is -1.04. The van der Waals surface area contributed by atoms with E-state index < -0.39 is 11.6 Å². The molecule has 0 bridgehead atoms. The third-order valence-electron chi connectivity index (χ3n) is 2.12. The van der Waals surface area contributed by atoms with Gasteiger partial charge in [-0.15, -0.1) is 0 Å². The van der Waals surface area contributed by atoms with Gasteiger partial charge in [0.15, 0.2) is 0 Å². The number of nitrogens with zero attached hydrogens (tertiary/aromatic N) is 1. The minimum atomic E-state index is -1.31. The lowest BCUT2D eigenvalue weighted by atomic mass is 10.1. The molecule has 1 aromatic rings. The number of carboxylic acid groups (broad SMARTS) is 1. The molecule has 1 N–H and O–H groups in total. The van der Waals surface area contributed by atoms with Crippen molar-refractivity contribution in [2.75, 3.05) is 0 Å². The average molecular weight is 221 g/mol. The van der Waals surface area contributed by atoms with Crippen molar-refractivity contribution in [3.8, 4) is 0 Å². The number of hydrogen-bond acceptors (Lipinski definition) is 3. The van der Waals surface area contributed by atoms with Gasteiger partial charge in [0.1, 0.15) is 0 Å². The van der Waals surface area contributed by atoms with Crippen LogP contribution in [0.15, 0.2) is 35.5 Å². The summed E-state index contributed by atoms with van der Waals surface area (Å²) in [6, 6.07) is 9.44. The smallest absolute Gasteiger partial charge is 0.350 e. The van der Waals surface area contributed by atoms with Gasteiger partial charge in [-0.3, -0.25) is 0 Å². The minimum Gasteiger partial charge on any atom is -0.478 e. The Morgan fingerprint density at radius 1 is 1.31 bits per heavy atom. The van der Waals surface area contributed by atoms with E-state index in [1.54, 1.807) is 6.92 Å². The Bertz CT molecular complexity index is 396. The van der Waals surface area contributed by atoms with Crippen molar-refractivity contribution in [3.63, 3.8) is 0 Å². The summed E-state index contributed by atoms with van der Waals surface area (Å²) in [6.45, 7) is 4.68. The van der Waals surface area contributed by atoms with Gasteiger partial charge >= 0.3 is 5.97 Å². The summed E-state index contributed by atoms with van der Waals surface area (Å²) < 4.78 is 0. The summed E-state index contributed by atoms with van der Waals surface area (Å²) in [7, 11) is 0. The van der Waals surface area contributed by atoms with Crippen LogP contribution < -0.4 is 0 Å². The lowest BCUT2D eigenvalue weighted by Gasteiger charge is -2.16. The van der Waals surface area contributed by atoms with Crippen molar-refractivity contribution in [3.05, 3.63) is 35.9 Å². The summed E-state index contributed by atoms with van der Waals surface area (Å²) >= 11 is 0. The van der Waals surface area contributed by atoms with Crippen LogP contribution >= 0.6 is 0 Å². The molecule has 16 heavy (non-hydrogen) atoms. The molecule has 0 saturated heterocycles. The first kappa shape index (κ1) is 12.2. The standard InChI is InChI=1S/C12H15NO3/c1-9(10-7-5-4-6-8-10)13-16-12(2,3)11(14)15/h4-8H,1-3H3,(H,14,15)/b13-9+. The number of carboxylic acids is 1. The van der Waals surface area contributed by atoms with Gasteiger partial charge in [0.25, 0.3) is 0 Å². The predicted octanol–water partition coefficient (Wildman–Crippen LogP) is 2.29. The second-order valence-corrected chi connectivity index (χ2v) is 3.95. The van der Waals surface area contributed by atoms with Crippen LogP contribution in [0.3, 0.4) is 0 Å². The molecule has 0 fully saturated rings. The molecule has 0 aromatic heterocycles. The number of oxime groups is 1. The maximum absolute atomic E-state index is 10.8. The van der Waals surface area contributed by atoms with Crippen LogP contribution in [0.1, 0.15) is 26.3 Å². The molecule has 1 rings (SSSR count). The molecule has 0 heterocycles. The third kappa shape index (κ3) is 3.08. The van der Waals surface area contributed by atoms with Crippen molar-refractivity contribution >= 4 is 11.7 Å². The maximum atomic E-state index is 10.8. The van der Waals surface area contributed by atoms with E-state index in [4.69, 9.17) is 9.94 Å². The molecule has 0 saturated carbocycles. The highest BCUT2D eigenvalue weighted by atomic mass is 16.7. The monoisotopic (exact) mass is 221 g/mol. The molecule has 86 valence electrons. The minimum absolute atomic E-state index is 0.648. The van der Waals surface area contributed by atoms with Crippen molar-refractivity contribution in [2.45, 2.75) is 26.4 Å². The second kappa shape index (κ2) is 4.79. The molecule has 0 aliphatic carbocycles. The number of rotatable bonds is 4. The molecular weight excluding hydrogens is 206 g/mol. The molecule has 0 radical (unpaired) electrons. The van der Waals surface area contributed by atoms with E-state index in [0.29, 0.717) is 5.71 Å². The number of aliphatic carboxylic acids is 1.